The van der Waals surface area contributed by atoms with E-state index in [0.29, 0.717) is 12.8 Å². The zero-order chi connectivity index (χ0) is 40.1. The average Bonchev–Trinajstić information content (AvgIpc) is 3.06. The van der Waals surface area contributed by atoms with E-state index in [2.05, 4.69) is 25.0 Å². The molecule has 1 saturated carbocycles. The quantitative estimate of drug-likeness (QED) is 0.0261. The number of carbonyl (C=O) groups is 2. The fourth-order valence-electron chi connectivity index (χ4n) is 5.66. The van der Waals surface area contributed by atoms with Crippen LogP contribution in [0.1, 0.15) is 129 Å². The maximum atomic E-state index is 12.7. The van der Waals surface area contributed by atoms with Crippen molar-refractivity contribution in [2.24, 2.45) is 0 Å². The van der Waals surface area contributed by atoms with Crippen molar-refractivity contribution in [1.29, 1.82) is 0 Å². The molecule has 0 spiro atoms. The molecule has 19 nitrogen and oxygen atoms in total. The SMILES string of the molecule is CCCCCCCCCCCCCCCCCC(=O)OCC(COP(=O)([O-])OC1[C@H](O)[C@H](OP(=O)([O-])[O-])C(O)[C@H](OP(=O)([O-])[O-])[C@H]1O)OC(=O)CCC.[Na+].[Na+].[Na+].[Na+].[Na+]. The van der Waals surface area contributed by atoms with Crippen molar-refractivity contribution in [3.63, 3.8) is 0 Å². The molecule has 8 atom stereocenters. The van der Waals surface area contributed by atoms with E-state index in [1.165, 1.54) is 64.2 Å². The third-order valence-corrected chi connectivity index (χ3v) is 10.3. The van der Waals surface area contributed by atoms with Crippen LogP contribution in [-0.4, -0.2) is 83.2 Å². The smallest absolute Gasteiger partial charge is 0.790 e. The Morgan fingerprint density at radius 3 is 1.24 bits per heavy atom. The average molecular weight is 941 g/mol. The number of unbranched alkanes of at least 4 members (excludes halogenated alkanes) is 14. The van der Waals surface area contributed by atoms with Crippen LogP contribution < -0.4 is 172 Å². The molecule has 1 aliphatic carbocycles. The summed E-state index contributed by atoms with van der Waals surface area (Å²) in [7, 11) is -17.9. The van der Waals surface area contributed by atoms with Gasteiger partial charge in [0.1, 0.15) is 43.2 Å². The molecule has 0 aromatic heterocycles. The molecule has 0 radical (unpaired) electrons. The first-order valence-electron chi connectivity index (χ1n) is 18.2. The Hall–Kier alpha value is 4.15. The number of esters is 2. The van der Waals surface area contributed by atoms with Gasteiger partial charge < -0.3 is 76.5 Å². The van der Waals surface area contributed by atoms with Crippen LogP contribution in [0.2, 0.25) is 0 Å². The van der Waals surface area contributed by atoms with Gasteiger partial charge in [0.2, 0.25) is 0 Å². The second kappa shape index (κ2) is 39.2. The molecule has 3 N–H and O–H groups in total. The van der Waals surface area contributed by atoms with Gasteiger partial charge in [-0.2, -0.15) is 0 Å². The molecule has 1 fully saturated rings. The summed E-state index contributed by atoms with van der Waals surface area (Å²) in [6, 6.07) is 0. The van der Waals surface area contributed by atoms with Crippen LogP contribution in [0.4, 0.5) is 0 Å². The number of phosphoric acid groups is 3. The molecule has 4 unspecified atom stereocenters. The Morgan fingerprint density at radius 1 is 0.517 bits per heavy atom. The van der Waals surface area contributed by atoms with Crippen LogP contribution in [0, 0.1) is 0 Å². The Morgan fingerprint density at radius 2 is 0.879 bits per heavy atom. The Kier molecular flexibility index (Phi) is 48.1. The fourth-order valence-corrected chi connectivity index (χ4v) is 7.71. The predicted octanol–water partition coefficient (Wildman–Crippen LogP) is -14.1. The minimum absolute atomic E-state index is 0. The van der Waals surface area contributed by atoms with Gasteiger partial charge in [0.15, 0.2) is 6.10 Å². The third-order valence-electron chi connectivity index (χ3n) is 8.36. The van der Waals surface area contributed by atoms with E-state index in [1.54, 1.807) is 6.92 Å². The van der Waals surface area contributed by atoms with E-state index in [9.17, 15) is 63.1 Å². The van der Waals surface area contributed by atoms with Crippen LogP contribution in [0.15, 0.2) is 0 Å². The number of rotatable bonds is 30. The fraction of sp³-hybridized carbons (Fsp3) is 0.935. The Labute approximate surface area is 453 Å². The number of phosphoric ester groups is 3. The first-order valence-corrected chi connectivity index (χ1v) is 22.6. The van der Waals surface area contributed by atoms with Crippen molar-refractivity contribution in [3.8, 4) is 0 Å². The number of aliphatic hydroxyl groups excluding tert-OH is 3. The van der Waals surface area contributed by atoms with Crippen molar-refractivity contribution in [1.82, 2.24) is 0 Å². The molecule has 27 heteroatoms. The molecule has 1 rings (SSSR count). The molecule has 0 heterocycles. The molecule has 0 aliphatic heterocycles. The molecule has 314 valence electrons. The van der Waals surface area contributed by atoms with E-state index in [0.717, 1.165) is 25.7 Å². The van der Waals surface area contributed by atoms with E-state index in [1.807, 2.05) is 0 Å². The van der Waals surface area contributed by atoms with Gasteiger partial charge in [-0.25, -0.2) is 0 Å². The number of hydrogen-bond donors (Lipinski definition) is 3. The van der Waals surface area contributed by atoms with Crippen LogP contribution in [0.5, 0.6) is 0 Å². The third kappa shape index (κ3) is 34.5. The first-order chi connectivity index (χ1) is 24.8. The molecule has 0 saturated heterocycles. The molecule has 0 amide bonds. The van der Waals surface area contributed by atoms with E-state index in [4.69, 9.17) is 9.47 Å². The van der Waals surface area contributed by atoms with Gasteiger partial charge >= 0.3 is 160 Å². The molecule has 0 aromatic rings. The summed E-state index contributed by atoms with van der Waals surface area (Å²) in [5.41, 5.74) is 0. The number of hydrogen-bond acceptors (Lipinski definition) is 19. The van der Waals surface area contributed by atoms with Gasteiger partial charge in [0.05, 0.1) is 22.3 Å². The van der Waals surface area contributed by atoms with E-state index in [-0.39, 0.29) is 161 Å². The van der Waals surface area contributed by atoms with E-state index < -0.39 is 91.3 Å². The summed E-state index contributed by atoms with van der Waals surface area (Å²) in [4.78, 5) is 81.7. The monoisotopic (exact) mass is 940 g/mol. The summed E-state index contributed by atoms with van der Waals surface area (Å²) in [6.45, 7) is 2.20. The van der Waals surface area contributed by atoms with Crippen LogP contribution in [0.25, 0.3) is 0 Å². The minimum atomic E-state index is -6.07. The van der Waals surface area contributed by atoms with Gasteiger partial charge in [-0.15, -0.1) is 0 Å². The zero-order valence-electron chi connectivity index (χ0n) is 35.4. The molecule has 58 heavy (non-hydrogen) atoms. The summed E-state index contributed by atoms with van der Waals surface area (Å²) in [5, 5.41) is 31.0. The molecule has 1 aliphatic rings. The predicted molar refractivity (Wildman–Crippen MR) is 177 cm³/mol. The molecular weight excluding hydrogens is 884 g/mol. The summed E-state index contributed by atoms with van der Waals surface area (Å²) in [6.07, 6.45) is -0.0238. The first kappa shape index (κ1) is 71.2. The van der Waals surface area contributed by atoms with Crippen molar-refractivity contribution >= 4 is 35.4 Å². The number of aliphatic hydroxyl groups is 3. The van der Waals surface area contributed by atoms with Crippen molar-refractivity contribution < 1.29 is 238 Å². The maximum absolute atomic E-state index is 12.7. The summed E-state index contributed by atoms with van der Waals surface area (Å²) >= 11 is 0. The second-order valence-corrected chi connectivity index (χ2v) is 16.6. The Bertz CT molecular complexity index is 1170. The molecular formula is C31H56Na5O19P3. The standard InChI is InChI=1S/C31H61O19P3.5Na/c1-3-5-6-7-8-9-10-11-12-13-14-15-16-17-18-20-24(32)45-21-23(47-25(33)19-4-2)22-46-53(43,44)50-31-27(35)29(48-51(37,38)39)26(34)30(28(31)36)49-52(40,41)42;;;;;/h23,26-31,34-36H,3-22H2,1-2H3,(H,43,44)(H2,37,38,39)(H2,40,41,42);;;;;/q;5*+1/p-5/t23?,26?,27-,28-,29-,30+,31?;;;;;/m1...../s1. The maximum Gasteiger partial charge on any atom is 1.00 e. The molecule has 0 aromatic carbocycles. The van der Waals surface area contributed by atoms with Crippen molar-refractivity contribution in [3.05, 3.63) is 0 Å². The van der Waals surface area contributed by atoms with Gasteiger partial charge in [-0.1, -0.05) is 104 Å². The van der Waals surface area contributed by atoms with Crippen LogP contribution >= 0.6 is 23.5 Å². The van der Waals surface area contributed by atoms with Gasteiger partial charge in [-0.3, -0.25) is 14.2 Å². The van der Waals surface area contributed by atoms with Gasteiger partial charge in [-0.05, 0) is 12.8 Å². The largest absolute Gasteiger partial charge is 1.00 e. The summed E-state index contributed by atoms with van der Waals surface area (Å²) in [5.74, 6) is -1.45. The second-order valence-electron chi connectivity index (χ2n) is 13.1. The molecule has 0 bridgehead atoms. The van der Waals surface area contributed by atoms with Crippen LogP contribution in [0.3, 0.4) is 0 Å². The van der Waals surface area contributed by atoms with Crippen molar-refractivity contribution in [2.75, 3.05) is 13.2 Å². The van der Waals surface area contributed by atoms with Crippen LogP contribution in [-0.2, 0) is 50.9 Å². The minimum Gasteiger partial charge on any atom is -0.790 e. The van der Waals surface area contributed by atoms with Gasteiger partial charge in [0, 0.05) is 12.8 Å². The summed E-state index contributed by atoms with van der Waals surface area (Å²) < 4.78 is 62.5. The van der Waals surface area contributed by atoms with E-state index >= 15 is 0 Å². The number of ether oxygens (including phenoxy) is 2. The normalized spacial score (nSPS) is 22.0. The zero-order valence-corrected chi connectivity index (χ0v) is 48.1. The van der Waals surface area contributed by atoms with Crippen molar-refractivity contribution in [2.45, 2.75) is 172 Å². The van der Waals surface area contributed by atoms with Gasteiger partial charge in [0.25, 0.3) is 7.82 Å². The Balaban J connectivity index is -0.00000187. The number of carbonyl (C=O) groups excluding carboxylic acids is 2. The topological polar surface area (TPSA) is 317 Å².